The van der Waals surface area contributed by atoms with Gasteiger partial charge in [-0.05, 0) is 31.6 Å². The van der Waals surface area contributed by atoms with Crippen molar-refractivity contribution in [3.8, 4) is 5.75 Å². The Morgan fingerprint density at radius 1 is 1.07 bits per heavy atom. The number of methoxy groups -OCH3 is 1. The van der Waals surface area contributed by atoms with Crippen LogP contribution in [0, 0.1) is 0 Å². The van der Waals surface area contributed by atoms with E-state index in [1.807, 2.05) is 0 Å². The zero-order valence-electron chi connectivity index (χ0n) is 16.2. The Hall–Kier alpha value is -2.81. The summed E-state index contributed by atoms with van der Waals surface area (Å²) < 4.78 is 15.8. The molecule has 0 aromatic heterocycles. The van der Waals surface area contributed by atoms with Crippen LogP contribution in [0.4, 0.5) is 0 Å². The Morgan fingerprint density at radius 2 is 1.68 bits per heavy atom. The Labute approximate surface area is 166 Å². The van der Waals surface area contributed by atoms with E-state index >= 15 is 0 Å². The molecule has 1 aliphatic rings. The van der Waals surface area contributed by atoms with Crippen molar-refractivity contribution in [3.63, 3.8) is 0 Å². The van der Waals surface area contributed by atoms with E-state index in [0.29, 0.717) is 17.3 Å². The molecular weight excluding hydrogens is 386 g/mol. The Kier molecular flexibility index (Phi) is 6.50. The molecule has 8 nitrogen and oxygen atoms in total. The number of carbonyl (C=O) groups excluding carboxylic acids is 4. The number of benzene rings is 1. The molecule has 28 heavy (non-hydrogen) atoms. The minimum Gasteiger partial charge on any atom is -0.464 e. The Balaban J connectivity index is 2.56. The van der Waals surface area contributed by atoms with Gasteiger partial charge >= 0.3 is 23.6 Å². The summed E-state index contributed by atoms with van der Waals surface area (Å²) in [5.74, 6) is -4.12. The summed E-state index contributed by atoms with van der Waals surface area (Å²) in [6.07, 6.45) is 0. The number of rotatable bonds is 6. The highest BCUT2D eigenvalue weighted by atomic mass is 32.2. The molecule has 1 aliphatic heterocycles. The molecule has 1 saturated heterocycles. The van der Waals surface area contributed by atoms with Crippen LogP contribution in [0.5, 0.6) is 5.75 Å². The van der Waals surface area contributed by atoms with E-state index in [9.17, 15) is 19.2 Å². The second-order valence-corrected chi connectivity index (χ2v) is 7.41. The molecule has 1 heterocycles. The number of nitrogens with zero attached hydrogens (tertiary/aromatic N) is 1. The second kappa shape index (κ2) is 8.47. The van der Waals surface area contributed by atoms with Crippen molar-refractivity contribution in [2.75, 3.05) is 7.11 Å². The molecule has 1 aromatic rings. The minimum atomic E-state index is -2.09. The summed E-state index contributed by atoms with van der Waals surface area (Å²) >= 11 is 0.717. The van der Waals surface area contributed by atoms with Gasteiger partial charge in [-0.25, -0.2) is 4.79 Å². The molecular formula is C19H21NO7S. The summed E-state index contributed by atoms with van der Waals surface area (Å²) in [4.78, 5) is 50.0. The maximum atomic E-state index is 13.1. The fourth-order valence-electron chi connectivity index (χ4n) is 2.72. The molecule has 1 amide bonds. The first-order chi connectivity index (χ1) is 13.1. The van der Waals surface area contributed by atoms with Crippen LogP contribution in [0.25, 0.3) is 0 Å². The first-order valence-corrected chi connectivity index (χ1v) is 9.22. The molecule has 2 rings (SSSR count). The van der Waals surface area contributed by atoms with E-state index in [4.69, 9.17) is 14.2 Å². The van der Waals surface area contributed by atoms with E-state index in [0.717, 1.165) is 11.8 Å². The molecule has 0 spiro atoms. The minimum absolute atomic E-state index is 0.0364. The lowest BCUT2D eigenvalue weighted by Gasteiger charge is -2.52. The molecule has 0 unspecified atom stereocenters. The largest absolute Gasteiger partial charge is 0.464 e. The van der Waals surface area contributed by atoms with Gasteiger partial charge in [0.25, 0.3) is 0 Å². The Morgan fingerprint density at radius 3 is 2.14 bits per heavy atom. The van der Waals surface area contributed by atoms with Crippen LogP contribution in [-0.2, 0) is 28.7 Å². The van der Waals surface area contributed by atoms with Gasteiger partial charge in [0.15, 0.2) is 10.5 Å². The molecule has 150 valence electrons. The van der Waals surface area contributed by atoms with Gasteiger partial charge in [0, 0.05) is 13.8 Å². The van der Waals surface area contributed by atoms with Crippen LogP contribution in [-0.4, -0.2) is 46.1 Å². The van der Waals surface area contributed by atoms with Gasteiger partial charge in [0.2, 0.25) is 0 Å². The van der Waals surface area contributed by atoms with E-state index < -0.39 is 29.0 Å². The number of hydrogen-bond donors (Lipinski definition) is 0. The number of carbonyl (C=O) groups is 4. The summed E-state index contributed by atoms with van der Waals surface area (Å²) in [5, 5.41) is -1.46. The van der Waals surface area contributed by atoms with Gasteiger partial charge in [-0.1, -0.05) is 30.0 Å². The third-order valence-electron chi connectivity index (χ3n) is 3.76. The highest BCUT2D eigenvalue weighted by Crippen LogP contribution is 2.46. The summed E-state index contributed by atoms with van der Waals surface area (Å²) in [6.45, 7) is 5.68. The zero-order valence-corrected chi connectivity index (χ0v) is 17.0. The molecule has 9 heteroatoms. The SMILES string of the molecule is COC(=O)C(=C(C)C)N1C(=O)[C@@](OC(C)=O)(Oc2ccccc2)[C@H]1SC(C)=O. The molecule has 1 aromatic carbocycles. The fraction of sp³-hybridized carbons (Fsp3) is 0.368. The number of hydrogen-bond acceptors (Lipinski definition) is 8. The lowest BCUT2D eigenvalue weighted by Crippen LogP contribution is -2.76. The molecule has 2 atom stereocenters. The lowest BCUT2D eigenvalue weighted by atomic mass is 10.0. The van der Waals surface area contributed by atoms with Crippen LogP contribution in [0.2, 0.25) is 0 Å². The summed E-state index contributed by atoms with van der Waals surface area (Å²) in [7, 11) is 1.18. The molecule has 1 fully saturated rings. The topological polar surface area (TPSA) is 99.2 Å². The standard InChI is InChI=1S/C19H21NO7S/c1-11(2)15(16(23)25-5)20-17(24)19(26-12(3)21,18(20)28-13(4)22)27-14-9-7-6-8-10-14/h6-10,18H,1-5H3/t18-,19-/m1/s1. The molecule has 0 N–H and O–H groups in total. The fourth-order valence-corrected chi connectivity index (χ4v) is 3.69. The number of allylic oxidation sites excluding steroid dienone is 1. The van der Waals surface area contributed by atoms with Gasteiger partial charge in [0.1, 0.15) is 11.4 Å². The lowest BCUT2D eigenvalue weighted by molar-refractivity contribution is -0.241. The van der Waals surface area contributed by atoms with Crippen molar-refractivity contribution in [1.82, 2.24) is 4.90 Å². The number of likely N-dealkylation sites (tertiary alicyclic amines) is 1. The van der Waals surface area contributed by atoms with Gasteiger partial charge < -0.3 is 14.2 Å². The predicted octanol–water partition coefficient (Wildman–Crippen LogP) is 2.24. The molecule has 0 bridgehead atoms. The maximum Gasteiger partial charge on any atom is 0.366 e. The molecule has 0 aliphatic carbocycles. The van der Waals surface area contributed by atoms with Gasteiger partial charge in [-0.15, -0.1) is 0 Å². The normalized spacial score (nSPS) is 20.7. The number of esters is 2. The van der Waals surface area contributed by atoms with E-state index in [1.165, 1.54) is 14.0 Å². The number of para-hydroxylation sites is 1. The van der Waals surface area contributed by atoms with E-state index in [-0.39, 0.29) is 16.6 Å². The predicted molar refractivity (Wildman–Crippen MR) is 101 cm³/mol. The first-order valence-electron chi connectivity index (χ1n) is 8.34. The average molecular weight is 407 g/mol. The van der Waals surface area contributed by atoms with Crippen LogP contribution in [0.3, 0.4) is 0 Å². The smallest absolute Gasteiger partial charge is 0.366 e. The molecule has 0 saturated carbocycles. The van der Waals surface area contributed by atoms with Crippen LogP contribution >= 0.6 is 11.8 Å². The van der Waals surface area contributed by atoms with E-state index in [1.54, 1.807) is 44.2 Å². The quantitative estimate of drug-likeness (QED) is 0.306. The van der Waals surface area contributed by atoms with Crippen LogP contribution < -0.4 is 4.74 Å². The van der Waals surface area contributed by atoms with E-state index in [2.05, 4.69) is 0 Å². The average Bonchev–Trinajstić information content (AvgIpc) is 2.63. The van der Waals surface area contributed by atoms with Crippen molar-refractivity contribution in [2.24, 2.45) is 0 Å². The van der Waals surface area contributed by atoms with Crippen molar-refractivity contribution in [1.29, 1.82) is 0 Å². The highest BCUT2D eigenvalue weighted by molar-refractivity contribution is 8.14. The number of amides is 1. The highest BCUT2D eigenvalue weighted by Gasteiger charge is 2.70. The van der Waals surface area contributed by atoms with Crippen molar-refractivity contribution in [3.05, 3.63) is 41.6 Å². The third kappa shape index (κ3) is 4.04. The second-order valence-electron chi connectivity index (χ2n) is 6.15. The van der Waals surface area contributed by atoms with Gasteiger partial charge in [-0.3, -0.25) is 19.3 Å². The summed E-state index contributed by atoms with van der Waals surface area (Å²) in [5.41, 5.74) is 0.455. The zero-order chi connectivity index (χ0) is 21.1. The number of β-lactam (4-membered cyclic amide) rings is 1. The van der Waals surface area contributed by atoms with Crippen molar-refractivity contribution >= 4 is 34.7 Å². The third-order valence-corrected chi connectivity index (χ3v) is 4.83. The maximum absolute atomic E-state index is 13.1. The molecule has 0 radical (unpaired) electrons. The first kappa shape index (κ1) is 21.5. The van der Waals surface area contributed by atoms with Crippen LogP contribution in [0.1, 0.15) is 27.7 Å². The monoisotopic (exact) mass is 407 g/mol. The number of ether oxygens (including phenoxy) is 3. The summed E-state index contributed by atoms with van der Waals surface area (Å²) in [6, 6.07) is 8.28. The number of thioether (sulfide) groups is 1. The van der Waals surface area contributed by atoms with Gasteiger partial charge in [0.05, 0.1) is 7.11 Å². The van der Waals surface area contributed by atoms with Crippen molar-refractivity contribution < 1.29 is 33.4 Å². The Bertz CT molecular complexity index is 832. The van der Waals surface area contributed by atoms with Crippen molar-refractivity contribution in [2.45, 2.75) is 38.9 Å². The van der Waals surface area contributed by atoms with Gasteiger partial charge in [-0.2, -0.15) is 0 Å². The van der Waals surface area contributed by atoms with Crippen LogP contribution in [0.15, 0.2) is 41.6 Å².